The van der Waals surface area contributed by atoms with E-state index in [9.17, 15) is 9.18 Å². The molecular formula is C14H12ClFN2O. The van der Waals surface area contributed by atoms with Gasteiger partial charge < -0.3 is 11.1 Å². The Morgan fingerprint density at radius 1 is 1.26 bits per heavy atom. The van der Waals surface area contributed by atoms with Gasteiger partial charge in [0.15, 0.2) is 0 Å². The largest absolute Gasteiger partial charge is 0.380 e. The summed E-state index contributed by atoms with van der Waals surface area (Å²) < 4.78 is 13.1. The summed E-state index contributed by atoms with van der Waals surface area (Å²) >= 11 is 5.94. The maximum atomic E-state index is 13.1. The first-order valence-corrected chi connectivity index (χ1v) is 6.02. The quantitative estimate of drug-likeness (QED) is 0.902. The average molecular weight is 279 g/mol. The fourth-order valence-electron chi connectivity index (χ4n) is 1.66. The first-order valence-electron chi connectivity index (χ1n) is 5.64. The summed E-state index contributed by atoms with van der Waals surface area (Å²) in [5, 5.41) is 3.45. The van der Waals surface area contributed by atoms with Crippen LogP contribution in [0.5, 0.6) is 0 Å². The minimum absolute atomic E-state index is 0.363. The number of amides is 1. The molecule has 0 heterocycles. The normalized spacial score (nSPS) is 10.2. The summed E-state index contributed by atoms with van der Waals surface area (Å²) in [6, 6.07) is 11.0. The second kappa shape index (κ2) is 5.71. The highest BCUT2D eigenvalue weighted by Gasteiger charge is 2.04. The molecule has 1 amide bonds. The Hall–Kier alpha value is -2.07. The van der Waals surface area contributed by atoms with Crippen molar-refractivity contribution in [1.29, 1.82) is 0 Å². The highest BCUT2D eigenvalue weighted by molar-refractivity contribution is 6.33. The van der Waals surface area contributed by atoms with Gasteiger partial charge in [0.05, 0.1) is 10.7 Å². The molecule has 0 saturated heterocycles. The molecular weight excluding hydrogens is 267 g/mol. The number of carbonyl (C=O) groups is 1. The van der Waals surface area contributed by atoms with Gasteiger partial charge in [-0.15, -0.1) is 0 Å². The zero-order chi connectivity index (χ0) is 13.8. The minimum Gasteiger partial charge on any atom is -0.380 e. The molecule has 0 fully saturated rings. The van der Waals surface area contributed by atoms with Crippen LogP contribution in [-0.2, 0) is 6.54 Å². The van der Waals surface area contributed by atoms with Crippen molar-refractivity contribution in [1.82, 2.24) is 0 Å². The van der Waals surface area contributed by atoms with Crippen molar-refractivity contribution >= 4 is 23.2 Å². The summed E-state index contributed by atoms with van der Waals surface area (Å²) in [5.74, 6) is -0.844. The number of primary amides is 1. The monoisotopic (exact) mass is 278 g/mol. The maximum Gasteiger partial charge on any atom is 0.248 e. The van der Waals surface area contributed by atoms with Crippen LogP contribution in [0.3, 0.4) is 0 Å². The Balaban J connectivity index is 2.12. The fourth-order valence-corrected chi connectivity index (χ4v) is 1.85. The summed E-state index contributed by atoms with van der Waals surface area (Å²) in [4.78, 5) is 11.1. The number of nitrogens with two attached hydrogens (primary N) is 1. The van der Waals surface area contributed by atoms with Crippen molar-refractivity contribution in [3.8, 4) is 0 Å². The molecule has 0 spiro atoms. The maximum absolute atomic E-state index is 13.1. The molecule has 0 saturated carbocycles. The van der Waals surface area contributed by atoms with Crippen molar-refractivity contribution in [3.63, 3.8) is 0 Å². The third-order valence-electron chi connectivity index (χ3n) is 2.62. The van der Waals surface area contributed by atoms with E-state index in [1.54, 1.807) is 18.2 Å². The van der Waals surface area contributed by atoms with E-state index in [0.717, 1.165) is 5.56 Å². The minimum atomic E-state index is -0.481. The van der Waals surface area contributed by atoms with E-state index in [0.29, 0.717) is 22.8 Å². The molecule has 3 nitrogen and oxygen atoms in total. The van der Waals surface area contributed by atoms with Crippen LogP contribution in [-0.4, -0.2) is 5.91 Å². The number of halogens is 2. The van der Waals surface area contributed by atoms with E-state index in [-0.39, 0.29) is 5.82 Å². The van der Waals surface area contributed by atoms with Gasteiger partial charge in [0.1, 0.15) is 5.82 Å². The first kappa shape index (κ1) is 13.4. The molecule has 0 atom stereocenters. The molecule has 0 aliphatic heterocycles. The van der Waals surface area contributed by atoms with E-state index in [4.69, 9.17) is 17.3 Å². The number of nitrogens with one attached hydrogen (secondary N) is 1. The predicted molar refractivity (Wildman–Crippen MR) is 73.7 cm³/mol. The van der Waals surface area contributed by atoms with Crippen molar-refractivity contribution in [2.24, 2.45) is 5.73 Å². The molecule has 0 aliphatic rings. The Kier molecular flexibility index (Phi) is 4.02. The molecule has 3 N–H and O–H groups in total. The van der Waals surface area contributed by atoms with Crippen LogP contribution in [0.4, 0.5) is 10.1 Å². The smallest absolute Gasteiger partial charge is 0.248 e. The van der Waals surface area contributed by atoms with Gasteiger partial charge in [0.25, 0.3) is 0 Å². The lowest BCUT2D eigenvalue weighted by atomic mass is 10.1. The molecule has 0 unspecified atom stereocenters. The molecule has 5 heteroatoms. The fraction of sp³-hybridized carbons (Fsp3) is 0.0714. The number of anilines is 1. The summed E-state index contributed by atoms with van der Waals surface area (Å²) in [6.07, 6.45) is 0. The zero-order valence-electron chi connectivity index (χ0n) is 9.99. The third-order valence-corrected chi connectivity index (χ3v) is 2.95. The highest BCUT2D eigenvalue weighted by atomic mass is 35.5. The van der Waals surface area contributed by atoms with Crippen molar-refractivity contribution in [2.45, 2.75) is 6.54 Å². The zero-order valence-corrected chi connectivity index (χ0v) is 10.7. The first-order chi connectivity index (χ1) is 9.06. The second-order valence-corrected chi connectivity index (χ2v) is 4.45. The predicted octanol–water partition coefficient (Wildman–Crippen LogP) is 3.19. The van der Waals surface area contributed by atoms with Gasteiger partial charge in [-0.3, -0.25) is 4.79 Å². The van der Waals surface area contributed by atoms with Gasteiger partial charge in [0.2, 0.25) is 5.91 Å². The van der Waals surface area contributed by atoms with Crippen molar-refractivity contribution in [2.75, 3.05) is 5.32 Å². The lowest BCUT2D eigenvalue weighted by molar-refractivity contribution is 0.1000. The number of hydrogen-bond donors (Lipinski definition) is 2. The van der Waals surface area contributed by atoms with Gasteiger partial charge in [0, 0.05) is 12.1 Å². The van der Waals surface area contributed by atoms with Crippen molar-refractivity contribution in [3.05, 3.63) is 64.4 Å². The molecule has 2 aromatic carbocycles. The van der Waals surface area contributed by atoms with Crippen molar-refractivity contribution < 1.29 is 9.18 Å². The standard InChI is InChI=1S/C14H12ClFN2O/c15-12-5-4-11(16)7-13(12)18-8-9-2-1-3-10(6-9)14(17)19/h1-7,18H,8H2,(H2,17,19). The topological polar surface area (TPSA) is 55.1 Å². The average Bonchev–Trinajstić information content (AvgIpc) is 2.40. The Labute approximate surface area is 115 Å². The molecule has 0 aliphatic carbocycles. The molecule has 0 aromatic heterocycles. The second-order valence-electron chi connectivity index (χ2n) is 4.04. The van der Waals surface area contributed by atoms with Crippen LogP contribution in [0.1, 0.15) is 15.9 Å². The van der Waals surface area contributed by atoms with E-state index in [2.05, 4.69) is 5.32 Å². The molecule has 2 aromatic rings. The van der Waals surface area contributed by atoms with E-state index in [1.807, 2.05) is 6.07 Å². The Bertz CT molecular complexity index is 616. The Morgan fingerprint density at radius 3 is 2.79 bits per heavy atom. The van der Waals surface area contributed by atoms with Crippen LogP contribution < -0.4 is 11.1 Å². The van der Waals surface area contributed by atoms with Gasteiger partial charge in [-0.2, -0.15) is 0 Å². The highest BCUT2D eigenvalue weighted by Crippen LogP contribution is 2.23. The summed E-state index contributed by atoms with van der Waals surface area (Å²) in [5.41, 5.74) is 7.00. The third kappa shape index (κ3) is 3.45. The number of rotatable bonds is 4. The van der Waals surface area contributed by atoms with Gasteiger partial charge in [-0.05, 0) is 35.9 Å². The van der Waals surface area contributed by atoms with Crippen LogP contribution in [0.25, 0.3) is 0 Å². The molecule has 0 radical (unpaired) electrons. The number of benzene rings is 2. The van der Waals surface area contributed by atoms with Crippen LogP contribution in [0.2, 0.25) is 5.02 Å². The van der Waals surface area contributed by atoms with Gasteiger partial charge >= 0.3 is 0 Å². The lowest BCUT2D eigenvalue weighted by Gasteiger charge is -2.09. The SMILES string of the molecule is NC(=O)c1cccc(CNc2cc(F)ccc2Cl)c1. The molecule has 2 rings (SSSR count). The van der Waals surface area contributed by atoms with E-state index in [1.165, 1.54) is 18.2 Å². The van der Waals surface area contributed by atoms with Gasteiger partial charge in [-0.1, -0.05) is 23.7 Å². The summed E-state index contributed by atoms with van der Waals surface area (Å²) in [6.45, 7) is 0.421. The van der Waals surface area contributed by atoms with Crippen LogP contribution >= 0.6 is 11.6 Å². The Morgan fingerprint density at radius 2 is 2.05 bits per heavy atom. The molecule has 0 bridgehead atoms. The summed E-state index contributed by atoms with van der Waals surface area (Å²) in [7, 11) is 0. The van der Waals surface area contributed by atoms with E-state index < -0.39 is 5.91 Å². The van der Waals surface area contributed by atoms with Crippen LogP contribution in [0.15, 0.2) is 42.5 Å². The van der Waals surface area contributed by atoms with Gasteiger partial charge in [-0.25, -0.2) is 4.39 Å². The lowest BCUT2D eigenvalue weighted by Crippen LogP contribution is -2.11. The molecule has 98 valence electrons. The number of carbonyl (C=O) groups excluding carboxylic acids is 1. The molecule has 19 heavy (non-hydrogen) atoms. The van der Waals surface area contributed by atoms with E-state index >= 15 is 0 Å². The number of hydrogen-bond acceptors (Lipinski definition) is 2. The van der Waals surface area contributed by atoms with Crippen LogP contribution in [0, 0.1) is 5.82 Å².